The van der Waals surface area contributed by atoms with Crippen LogP contribution in [0.5, 0.6) is 0 Å². The van der Waals surface area contributed by atoms with Gasteiger partial charge in [-0.2, -0.15) is 0 Å². The van der Waals surface area contributed by atoms with Gasteiger partial charge in [-0.05, 0) is 0 Å². The van der Waals surface area contributed by atoms with Crippen molar-refractivity contribution in [3.05, 3.63) is 0 Å². The summed E-state index contributed by atoms with van der Waals surface area (Å²) in [7, 11) is 0. The molecule has 60 valence electrons. The van der Waals surface area contributed by atoms with Crippen LogP contribution in [0.2, 0.25) is 0 Å². The van der Waals surface area contributed by atoms with E-state index >= 15 is 0 Å². The predicted molar refractivity (Wildman–Crippen MR) is 39.9 cm³/mol. The standard InChI is InChI=1S/C5H10BrNO3/c6-1-5(10)7-4(2-8)3-9/h4,8-9H,1-3H2,(H,7,10). The van der Waals surface area contributed by atoms with E-state index in [-0.39, 0.29) is 24.5 Å². The molecule has 0 aromatic carbocycles. The van der Waals surface area contributed by atoms with Crippen LogP contribution in [-0.2, 0) is 4.79 Å². The molecule has 0 rings (SSSR count). The lowest BCUT2D eigenvalue weighted by molar-refractivity contribution is -0.119. The Balaban J connectivity index is 3.52. The Morgan fingerprint density at radius 3 is 2.30 bits per heavy atom. The Morgan fingerprint density at radius 2 is 2.00 bits per heavy atom. The van der Waals surface area contributed by atoms with Crippen LogP contribution < -0.4 is 5.32 Å². The molecule has 0 unspecified atom stereocenters. The van der Waals surface area contributed by atoms with Crippen LogP contribution in [0, 0.1) is 0 Å². The fourth-order valence-corrected chi connectivity index (χ4v) is 0.577. The van der Waals surface area contributed by atoms with Crippen LogP contribution in [0.4, 0.5) is 0 Å². The summed E-state index contributed by atoms with van der Waals surface area (Å²) in [5.74, 6) is -0.242. The van der Waals surface area contributed by atoms with Crippen LogP contribution in [-0.4, -0.2) is 40.7 Å². The number of rotatable bonds is 4. The summed E-state index contributed by atoms with van der Waals surface area (Å²) >= 11 is 2.93. The smallest absolute Gasteiger partial charge is 0.231 e. The second kappa shape index (κ2) is 5.64. The van der Waals surface area contributed by atoms with Crippen molar-refractivity contribution in [2.45, 2.75) is 6.04 Å². The third-order valence-corrected chi connectivity index (χ3v) is 1.44. The highest BCUT2D eigenvalue weighted by Gasteiger charge is 2.07. The summed E-state index contributed by atoms with van der Waals surface area (Å²) in [4.78, 5) is 10.6. The maximum absolute atomic E-state index is 10.6. The van der Waals surface area contributed by atoms with Gasteiger partial charge in [0.25, 0.3) is 0 Å². The van der Waals surface area contributed by atoms with E-state index in [1.54, 1.807) is 0 Å². The van der Waals surface area contributed by atoms with Crippen molar-refractivity contribution in [2.24, 2.45) is 0 Å². The molecule has 0 aromatic rings. The van der Waals surface area contributed by atoms with Crippen LogP contribution in [0.3, 0.4) is 0 Å². The normalized spacial score (nSPS) is 10.0. The molecule has 0 aliphatic carbocycles. The maximum Gasteiger partial charge on any atom is 0.231 e. The third-order valence-electron chi connectivity index (χ3n) is 0.927. The minimum Gasteiger partial charge on any atom is -0.394 e. The average Bonchev–Trinajstić information content (AvgIpc) is 1.99. The topological polar surface area (TPSA) is 69.6 Å². The zero-order valence-corrected chi connectivity index (χ0v) is 6.97. The molecule has 0 bridgehead atoms. The Morgan fingerprint density at radius 1 is 1.50 bits per heavy atom. The van der Waals surface area contributed by atoms with Crippen molar-refractivity contribution in [3.63, 3.8) is 0 Å². The van der Waals surface area contributed by atoms with Crippen molar-refractivity contribution < 1.29 is 15.0 Å². The van der Waals surface area contributed by atoms with Gasteiger partial charge in [-0.1, -0.05) is 15.9 Å². The van der Waals surface area contributed by atoms with E-state index in [1.807, 2.05) is 0 Å². The summed E-state index contributed by atoms with van der Waals surface area (Å²) in [6, 6.07) is -0.537. The molecule has 0 atom stereocenters. The highest BCUT2D eigenvalue weighted by Crippen LogP contribution is 1.83. The van der Waals surface area contributed by atoms with E-state index in [1.165, 1.54) is 0 Å². The fourth-order valence-electron chi connectivity index (χ4n) is 0.415. The zero-order valence-electron chi connectivity index (χ0n) is 5.38. The first kappa shape index (κ1) is 9.87. The molecule has 0 aliphatic rings. The molecule has 3 N–H and O–H groups in total. The van der Waals surface area contributed by atoms with Crippen molar-refractivity contribution in [1.29, 1.82) is 0 Å². The molecular weight excluding hydrogens is 202 g/mol. The molecule has 0 heterocycles. The minimum atomic E-state index is -0.537. The predicted octanol–water partition coefficient (Wildman–Crippen LogP) is -1.15. The number of halogens is 1. The van der Waals surface area contributed by atoms with Gasteiger partial charge >= 0.3 is 0 Å². The van der Waals surface area contributed by atoms with Gasteiger partial charge < -0.3 is 15.5 Å². The van der Waals surface area contributed by atoms with Gasteiger partial charge in [-0.15, -0.1) is 0 Å². The highest BCUT2D eigenvalue weighted by atomic mass is 79.9. The molecule has 5 heteroatoms. The molecule has 0 spiro atoms. The lowest BCUT2D eigenvalue weighted by Crippen LogP contribution is -2.40. The number of carbonyl (C=O) groups excluding carboxylic acids is 1. The van der Waals surface area contributed by atoms with Crippen LogP contribution in [0.15, 0.2) is 0 Å². The molecule has 0 fully saturated rings. The van der Waals surface area contributed by atoms with E-state index in [4.69, 9.17) is 10.2 Å². The van der Waals surface area contributed by atoms with E-state index in [0.29, 0.717) is 0 Å². The molecule has 0 saturated heterocycles. The van der Waals surface area contributed by atoms with E-state index < -0.39 is 6.04 Å². The second-order valence-electron chi connectivity index (χ2n) is 1.76. The molecule has 10 heavy (non-hydrogen) atoms. The van der Waals surface area contributed by atoms with Gasteiger partial charge in [0.1, 0.15) is 0 Å². The van der Waals surface area contributed by atoms with Gasteiger partial charge in [0.15, 0.2) is 0 Å². The average molecular weight is 212 g/mol. The van der Waals surface area contributed by atoms with Crippen LogP contribution in [0.1, 0.15) is 0 Å². The minimum absolute atomic E-state index is 0.184. The Bertz CT molecular complexity index is 105. The number of aliphatic hydroxyl groups excluding tert-OH is 2. The second-order valence-corrected chi connectivity index (χ2v) is 2.32. The summed E-state index contributed by atoms with van der Waals surface area (Å²) < 4.78 is 0. The maximum atomic E-state index is 10.6. The molecule has 0 saturated carbocycles. The number of aliphatic hydroxyl groups is 2. The number of carbonyl (C=O) groups is 1. The number of nitrogens with one attached hydrogen (secondary N) is 1. The van der Waals surface area contributed by atoms with Crippen LogP contribution in [0.25, 0.3) is 0 Å². The Kier molecular flexibility index (Phi) is 5.57. The van der Waals surface area contributed by atoms with Gasteiger partial charge in [0, 0.05) is 0 Å². The lowest BCUT2D eigenvalue weighted by Gasteiger charge is -2.11. The first-order valence-corrected chi connectivity index (χ1v) is 3.93. The molecule has 4 nitrogen and oxygen atoms in total. The highest BCUT2D eigenvalue weighted by molar-refractivity contribution is 9.09. The zero-order chi connectivity index (χ0) is 7.98. The van der Waals surface area contributed by atoms with Crippen molar-refractivity contribution in [3.8, 4) is 0 Å². The summed E-state index contributed by atoms with van der Waals surface area (Å²) in [5.41, 5.74) is 0. The SMILES string of the molecule is O=C(CBr)NC(CO)CO. The third kappa shape index (κ3) is 3.81. The van der Waals surface area contributed by atoms with Crippen molar-refractivity contribution in [2.75, 3.05) is 18.5 Å². The Hall–Kier alpha value is -0.130. The summed E-state index contributed by atoms with van der Waals surface area (Å²) in [5, 5.41) is 19.5. The van der Waals surface area contributed by atoms with Gasteiger partial charge in [0.2, 0.25) is 5.91 Å². The van der Waals surface area contributed by atoms with E-state index in [0.717, 1.165) is 0 Å². The van der Waals surface area contributed by atoms with Crippen molar-refractivity contribution in [1.82, 2.24) is 5.32 Å². The molecule has 1 amide bonds. The van der Waals surface area contributed by atoms with Gasteiger partial charge in [-0.3, -0.25) is 4.79 Å². The summed E-state index contributed by atoms with van der Waals surface area (Å²) in [6.45, 7) is -0.482. The van der Waals surface area contributed by atoms with Gasteiger partial charge in [0.05, 0.1) is 24.6 Å². The molecule has 0 aromatic heterocycles. The van der Waals surface area contributed by atoms with Gasteiger partial charge in [-0.25, -0.2) is 0 Å². The lowest BCUT2D eigenvalue weighted by atomic mass is 10.3. The Labute approximate surface area is 67.4 Å². The van der Waals surface area contributed by atoms with E-state index in [9.17, 15) is 4.79 Å². The summed E-state index contributed by atoms with van der Waals surface area (Å²) in [6.07, 6.45) is 0. The molecule has 0 aliphatic heterocycles. The molecule has 0 radical (unpaired) electrons. The van der Waals surface area contributed by atoms with E-state index in [2.05, 4.69) is 21.2 Å². The number of amides is 1. The fraction of sp³-hybridized carbons (Fsp3) is 0.800. The first-order chi connectivity index (χ1) is 4.74. The van der Waals surface area contributed by atoms with Crippen LogP contribution >= 0.6 is 15.9 Å². The first-order valence-electron chi connectivity index (χ1n) is 2.81. The molecular formula is C5H10BrNO3. The number of alkyl halides is 1. The number of hydrogen-bond donors (Lipinski definition) is 3. The van der Waals surface area contributed by atoms with Crippen molar-refractivity contribution >= 4 is 21.8 Å². The number of hydrogen-bond acceptors (Lipinski definition) is 3. The largest absolute Gasteiger partial charge is 0.394 e. The quantitative estimate of drug-likeness (QED) is 0.515. The monoisotopic (exact) mass is 211 g/mol.